The average molecular weight is 374 g/mol. The summed E-state index contributed by atoms with van der Waals surface area (Å²) < 4.78 is 5.92. The number of hydrogen-bond donors (Lipinski definition) is 2. The van der Waals surface area contributed by atoms with Crippen LogP contribution in [0.5, 0.6) is 5.75 Å². The molecule has 2 atom stereocenters. The molecular formula is C20H20ClNO4. The van der Waals surface area contributed by atoms with Gasteiger partial charge in [0, 0.05) is 5.56 Å². The second-order valence-electron chi connectivity index (χ2n) is 6.86. The first-order valence-electron chi connectivity index (χ1n) is 8.28. The van der Waals surface area contributed by atoms with Crippen molar-refractivity contribution in [3.05, 3.63) is 64.2 Å². The van der Waals surface area contributed by atoms with E-state index in [9.17, 15) is 14.7 Å². The van der Waals surface area contributed by atoms with Crippen LogP contribution in [0.25, 0.3) is 0 Å². The lowest BCUT2D eigenvalue weighted by molar-refractivity contribution is -0.0630. The molecule has 0 aliphatic carbocycles. The molecule has 0 aromatic heterocycles. The van der Waals surface area contributed by atoms with Gasteiger partial charge in [-0.3, -0.25) is 9.59 Å². The highest BCUT2D eigenvalue weighted by Gasteiger charge is 2.44. The fraction of sp³-hybridized carbons (Fsp3) is 0.300. The van der Waals surface area contributed by atoms with Gasteiger partial charge in [0.15, 0.2) is 5.78 Å². The standard InChI is InChI=1S/C20H20ClNO4/c1-11(23)12-8-6-9-14-16(18(24)20(2,3)26-17(12)14)22-19(25)13-7-4-5-10-15(13)21/h4-10,16,18,24H,1-3H3,(H,22,25)/t16-,18+/m1/s1. The second kappa shape index (κ2) is 6.74. The van der Waals surface area contributed by atoms with E-state index in [1.165, 1.54) is 6.92 Å². The minimum atomic E-state index is -1.01. The van der Waals surface area contributed by atoms with Gasteiger partial charge >= 0.3 is 0 Å². The van der Waals surface area contributed by atoms with Crippen LogP contribution in [0.4, 0.5) is 0 Å². The Kier molecular flexibility index (Phi) is 4.78. The molecule has 0 unspecified atom stereocenters. The first-order chi connectivity index (χ1) is 12.2. The van der Waals surface area contributed by atoms with E-state index < -0.39 is 23.7 Å². The minimum absolute atomic E-state index is 0.148. The van der Waals surface area contributed by atoms with Crippen LogP contribution in [0.15, 0.2) is 42.5 Å². The molecular weight excluding hydrogens is 354 g/mol. The van der Waals surface area contributed by atoms with Gasteiger partial charge in [-0.15, -0.1) is 0 Å². The number of nitrogens with one attached hydrogen (secondary N) is 1. The van der Waals surface area contributed by atoms with Gasteiger partial charge in [0.25, 0.3) is 5.91 Å². The normalized spacial score (nSPS) is 20.7. The van der Waals surface area contributed by atoms with Gasteiger partial charge in [0.05, 0.1) is 22.2 Å². The van der Waals surface area contributed by atoms with Gasteiger partial charge in [-0.1, -0.05) is 35.9 Å². The monoisotopic (exact) mass is 373 g/mol. The van der Waals surface area contributed by atoms with Gasteiger partial charge in [0.2, 0.25) is 0 Å². The van der Waals surface area contributed by atoms with Crippen LogP contribution in [0, 0.1) is 0 Å². The van der Waals surface area contributed by atoms with E-state index in [0.717, 1.165) is 0 Å². The molecule has 0 fully saturated rings. The minimum Gasteiger partial charge on any atom is -0.484 e. The molecule has 3 rings (SSSR count). The van der Waals surface area contributed by atoms with Crippen molar-refractivity contribution in [3.8, 4) is 5.75 Å². The Morgan fingerprint density at radius 1 is 1.12 bits per heavy atom. The molecule has 1 aliphatic rings. The highest BCUT2D eigenvalue weighted by Crippen LogP contribution is 2.42. The number of para-hydroxylation sites is 1. The topological polar surface area (TPSA) is 75.6 Å². The summed E-state index contributed by atoms with van der Waals surface area (Å²) >= 11 is 6.10. The largest absolute Gasteiger partial charge is 0.484 e. The Morgan fingerprint density at radius 2 is 1.77 bits per heavy atom. The lowest BCUT2D eigenvalue weighted by Crippen LogP contribution is -2.53. The zero-order valence-corrected chi connectivity index (χ0v) is 15.5. The number of hydrogen-bond acceptors (Lipinski definition) is 4. The molecule has 0 saturated heterocycles. The van der Waals surface area contributed by atoms with E-state index in [0.29, 0.717) is 27.5 Å². The van der Waals surface area contributed by atoms with Crippen molar-refractivity contribution < 1.29 is 19.4 Å². The molecule has 0 radical (unpaired) electrons. The fourth-order valence-electron chi connectivity index (χ4n) is 3.11. The molecule has 1 amide bonds. The number of carbonyl (C=O) groups excluding carboxylic acids is 2. The quantitative estimate of drug-likeness (QED) is 0.807. The molecule has 0 saturated carbocycles. The van der Waals surface area contributed by atoms with E-state index in [1.807, 2.05) is 0 Å². The summed E-state index contributed by atoms with van der Waals surface area (Å²) in [5, 5.41) is 13.9. The maximum absolute atomic E-state index is 12.7. The average Bonchev–Trinajstić information content (AvgIpc) is 2.58. The van der Waals surface area contributed by atoms with Crippen molar-refractivity contribution in [3.63, 3.8) is 0 Å². The Labute approximate surface area is 156 Å². The molecule has 26 heavy (non-hydrogen) atoms. The molecule has 0 spiro atoms. The van der Waals surface area contributed by atoms with Crippen LogP contribution in [-0.4, -0.2) is 28.5 Å². The van der Waals surface area contributed by atoms with E-state index in [2.05, 4.69) is 5.32 Å². The number of carbonyl (C=O) groups is 2. The first kappa shape index (κ1) is 18.4. The Balaban J connectivity index is 2.04. The summed E-state index contributed by atoms with van der Waals surface area (Å²) in [7, 11) is 0. The summed E-state index contributed by atoms with van der Waals surface area (Å²) in [5.74, 6) is -0.165. The van der Waals surface area contributed by atoms with Gasteiger partial charge in [-0.25, -0.2) is 0 Å². The summed E-state index contributed by atoms with van der Waals surface area (Å²) in [6.07, 6.45) is -1.01. The molecule has 1 aliphatic heterocycles. The number of halogens is 1. The number of fused-ring (bicyclic) bond motifs is 1. The van der Waals surface area contributed by atoms with Crippen molar-refractivity contribution in [1.82, 2.24) is 5.32 Å². The SMILES string of the molecule is CC(=O)c1cccc2c1OC(C)(C)[C@@H](O)[C@@H]2NC(=O)c1ccccc1Cl. The zero-order valence-electron chi connectivity index (χ0n) is 14.7. The summed E-state index contributed by atoms with van der Waals surface area (Å²) in [4.78, 5) is 24.7. The molecule has 0 bridgehead atoms. The van der Waals surface area contributed by atoms with Crippen molar-refractivity contribution in [2.24, 2.45) is 0 Å². The second-order valence-corrected chi connectivity index (χ2v) is 7.27. The summed E-state index contributed by atoms with van der Waals surface area (Å²) in [6, 6.07) is 11.1. The number of Topliss-reactive ketones (excluding diaryl/α,β-unsaturated/α-hetero) is 1. The molecule has 2 aromatic carbocycles. The molecule has 5 nitrogen and oxygen atoms in total. The lowest BCUT2D eigenvalue weighted by atomic mass is 9.85. The molecule has 2 N–H and O–H groups in total. The van der Waals surface area contributed by atoms with Crippen molar-refractivity contribution >= 4 is 23.3 Å². The molecule has 6 heteroatoms. The maximum atomic E-state index is 12.7. The highest BCUT2D eigenvalue weighted by molar-refractivity contribution is 6.33. The van der Waals surface area contributed by atoms with E-state index in [-0.39, 0.29) is 5.78 Å². The Bertz CT molecular complexity index is 878. The van der Waals surface area contributed by atoms with Crippen LogP contribution in [0.3, 0.4) is 0 Å². The predicted octanol–water partition coefficient (Wildman–Crippen LogP) is 3.55. The highest BCUT2D eigenvalue weighted by atomic mass is 35.5. The third-order valence-electron chi connectivity index (χ3n) is 4.56. The summed E-state index contributed by atoms with van der Waals surface area (Å²) in [5.41, 5.74) is 0.302. The van der Waals surface area contributed by atoms with Crippen LogP contribution in [0.2, 0.25) is 5.02 Å². The van der Waals surface area contributed by atoms with Crippen LogP contribution in [0.1, 0.15) is 53.1 Å². The molecule has 136 valence electrons. The number of ketones is 1. The first-order valence-corrected chi connectivity index (χ1v) is 8.66. The van der Waals surface area contributed by atoms with Crippen LogP contribution < -0.4 is 10.1 Å². The predicted molar refractivity (Wildman–Crippen MR) is 98.8 cm³/mol. The van der Waals surface area contributed by atoms with Gasteiger partial charge in [-0.05, 0) is 39.0 Å². The van der Waals surface area contributed by atoms with Crippen LogP contribution in [-0.2, 0) is 0 Å². The number of benzene rings is 2. The smallest absolute Gasteiger partial charge is 0.253 e. The van der Waals surface area contributed by atoms with Gasteiger partial charge in [-0.2, -0.15) is 0 Å². The van der Waals surface area contributed by atoms with E-state index in [4.69, 9.17) is 16.3 Å². The van der Waals surface area contributed by atoms with Crippen LogP contribution >= 0.6 is 11.6 Å². The fourth-order valence-corrected chi connectivity index (χ4v) is 3.33. The molecule has 1 heterocycles. The Hall–Kier alpha value is -2.37. The van der Waals surface area contributed by atoms with Gasteiger partial charge < -0.3 is 15.2 Å². The number of rotatable bonds is 3. The van der Waals surface area contributed by atoms with Crippen molar-refractivity contribution in [2.45, 2.75) is 38.5 Å². The zero-order chi connectivity index (χ0) is 19.1. The number of aliphatic hydroxyl groups excluding tert-OH is 1. The third-order valence-corrected chi connectivity index (χ3v) is 4.89. The van der Waals surface area contributed by atoms with Gasteiger partial charge in [0.1, 0.15) is 17.5 Å². The number of ether oxygens (including phenoxy) is 1. The Morgan fingerprint density at radius 3 is 2.42 bits per heavy atom. The maximum Gasteiger partial charge on any atom is 0.253 e. The van der Waals surface area contributed by atoms with E-state index >= 15 is 0 Å². The summed E-state index contributed by atoms with van der Waals surface area (Å²) in [6.45, 7) is 4.88. The molecule has 2 aromatic rings. The third kappa shape index (κ3) is 3.20. The lowest BCUT2D eigenvalue weighted by Gasteiger charge is -2.42. The van der Waals surface area contributed by atoms with Crippen molar-refractivity contribution in [1.29, 1.82) is 0 Å². The van der Waals surface area contributed by atoms with E-state index in [1.54, 1.807) is 56.3 Å². The number of aliphatic hydroxyl groups is 1. The number of amides is 1. The van der Waals surface area contributed by atoms with Crippen molar-refractivity contribution in [2.75, 3.05) is 0 Å².